The van der Waals surface area contributed by atoms with Crippen molar-refractivity contribution in [3.8, 4) is 0 Å². The van der Waals surface area contributed by atoms with Crippen molar-refractivity contribution in [2.45, 2.75) is 13.8 Å². The van der Waals surface area contributed by atoms with Gasteiger partial charge < -0.3 is 9.47 Å². The van der Waals surface area contributed by atoms with E-state index in [4.69, 9.17) is 0 Å². The molecule has 0 saturated carbocycles. The maximum absolute atomic E-state index is 11.6. The molecule has 0 aromatic heterocycles. The minimum absolute atomic E-state index is 0.158. The number of carbonyl (C=O) groups excluding carboxylic acids is 2. The van der Waals surface area contributed by atoms with Crippen molar-refractivity contribution < 1.29 is 33.8 Å². The van der Waals surface area contributed by atoms with Crippen molar-refractivity contribution >= 4 is 40.6 Å². The summed E-state index contributed by atoms with van der Waals surface area (Å²) in [6, 6.07) is 0.357. The molecule has 1 aromatic carbocycles. The third kappa shape index (κ3) is 4.97. The van der Waals surface area contributed by atoms with Crippen LogP contribution in [0.3, 0.4) is 0 Å². The highest BCUT2D eigenvalue weighted by molar-refractivity contribution is 6.02. The van der Waals surface area contributed by atoms with E-state index in [1.54, 1.807) is 10.6 Å². The fourth-order valence-electron chi connectivity index (χ4n) is 1.90. The second-order valence-corrected chi connectivity index (χ2v) is 4.48. The summed E-state index contributed by atoms with van der Waals surface area (Å²) in [7, 11) is 0. The van der Waals surface area contributed by atoms with Gasteiger partial charge in [-0.05, 0) is 13.8 Å². The van der Waals surface area contributed by atoms with Crippen molar-refractivity contribution in [2.75, 3.05) is 23.8 Å². The number of nitrogens with one attached hydrogen (secondary N) is 2. The summed E-state index contributed by atoms with van der Waals surface area (Å²) in [4.78, 5) is 53.5. The standard InChI is InChI=1S/C12H13N5O10/c1-3-26-11(18)13-8-6(15(20)21)5-7(16(22)23)9(10(8)17(24)25)14-12(19)27-4-2/h5H,3-4H2,1-2H3,(H,13,18)(H,14,19). The lowest BCUT2D eigenvalue weighted by atomic mass is 10.1. The first-order valence-electron chi connectivity index (χ1n) is 7.15. The third-order valence-electron chi connectivity index (χ3n) is 2.84. The van der Waals surface area contributed by atoms with Crippen molar-refractivity contribution in [1.29, 1.82) is 0 Å². The lowest BCUT2D eigenvalue weighted by molar-refractivity contribution is -0.400. The SMILES string of the molecule is CCOC(=O)Nc1c([N+](=O)[O-])cc([N+](=O)[O-])c(NC(=O)OCC)c1[N+](=O)[O-]. The Bertz CT molecular complexity index is 752. The molecule has 0 spiro atoms. The van der Waals surface area contributed by atoms with Gasteiger partial charge in [-0.15, -0.1) is 0 Å². The highest BCUT2D eigenvalue weighted by atomic mass is 16.6. The molecule has 0 aliphatic carbocycles. The van der Waals surface area contributed by atoms with Crippen LogP contribution in [0.2, 0.25) is 0 Å². The van der Waals surface area contributed by atoms with Gasteiger partial charge in [0.15, 0.2) is 0 Å². The zero-order chi connectivity index (χ0) is 20.7. The number of nitrogens with zero attached hydrogens (tertiary/aromatic N) is 3. The molecule has 0 aliphatic rings. The fraction of sp³-hybridized carbons (Fsp3) is 0.333. The average Bonchev–Trinajstić information content (AvgIpc) is 2.54. The zero-order valence-corrected chi connectivity index (χ0v) is 13.9. The molecule has 0 radical (unpaired) electrons. The second-order valence-electron chi connectivity index (χ2n) is 4.48. The predicted octanol–water partition coefficient (Wildman–Crippen LogP) is 2.55. The van der Waals surface area contributed by atoms with Crippen LogP contribution in [0.5, 0.6) is 0 Å². The average molecular weight is 387 g/mol. The lowest BCUT2D eigenvalue weighted by Gasteiger charge is -2.11. The number of rotatable bonds is 7. The number of hydrogen-bond acceptors (Lipinski definition) is 10. The van der Waals surface area contributed by atoms with Gasteiger partial charge in [0.25, 0.3) is 0 Å². The molecule has 0 fully saturated rings. The maximum atomic E-state index is 11.6. The Morgan fingerprint density at radius 1 is 0.852 bits per heavy atom. The van der Waals surface area contributed by atoms with E-state index < -0.39 is 55.4 Å². The largest absolute Gasteiger partial charge is 0.450 e. The third-order valence-corrected chi connectivity index (χ3v) is 2.84. The number of carbonyl (C=O) groups is 2. The second kappa shape index (κ2) is 8.88. The molecular formula is C12H13N5O10. The summed E-state index contributed by atoms with van der Waals surface area (Å²) < 4.78 is 9.02. The van der Waals surface area contributed by atoms with Gasteiger partial charge in [-0.1, -0.05) is 0 Å². The highest BCUT2D eigenvalue weighted by Gasteiger charge is 2.39. The van der Waals surface area contributed by atoms with Crippen molar-refractivity contribution in [3.05, 3.63) is 36.4 Å². The number of amides is 2. The van der Waals surface area contributed by atoms with E-state index in [0.717, 1.165) is 0 Å². The Labute approximate surface area is 149 Å². The van der Waals surface area contributed by atoms with Crippen molar-refractivity contribution in [2.24, 2.45) is 0 Å². The summed E-state index contributed by atoms with van der Waals surface area (Å²) in [5.74, 6) is 0. The minimum Gasteiger partial charge on any atom is -0.450 e. The smallest absolute Gasteiger partial charge is 0.412 e. The Morgan fingerprint density at radius 2 is 1.22 bits per heavy atom. The normalized spacial score (nSPS) is 9.85. The molecule has 27 heavy (non-hydrogen) atoms. The molecule has 0 atom stereocenters. The molecule has 2 N–H and O–H groups in total. The van der Waals surface area contributed by atoms with E-state index in [0.29, 0.717) is 6.07 Å². The van der Waals surface area contributed by atoms with E-state index in [1.807, 2.05) is 0 Å². The van der Waals surface area contributed by atoms with Crippen LogP contribution in [0.25, 0.3) is 0 Å². The Kier molecular flexibility index (Phi) is 6.91. The van der Waals surface area contributed by atoms with Crippen LogP contribution in [0, 0.1) is 30.3 Å². The van der Waals surface area contributed by atoms with E-state index in [2.05, 4.69) is 9.47 Å². The molecule has 0 bridgehead atoms. The fourth-order valence-corrected chi connectivity index (χ4v) is 1.90. The van der Waals surface area contributed by atoms with Crippen molar-refractivity contribution in [3.63, 3.8) is 0 Å². The van der Waals surface area contributed by atoms with Gasteiger partial charge in [0.05, 0.1) is 34.1 Å². The first kappa shape index (κ1) is 21.0. The number of ether oxygens (including phenoxy) is 2. The molecule has 0 heterocycles. The first-order chi connectivity index (χ1) is 12.6. The van der Waals surface area contributed by atoms with Gasteiger partial charge in [0.2, 0.25) is 11.4 Å². The molecule has 146 valence electrons. The van der Waals surface area contributed by atoms with Crippen molar-refractivity contribution in [1.82, 2.24) is 0 Å². The summed E-state index contributed by atoms with van der Waals surface area (Å²) in [6.07, 6.45) is -2.56. The van der Waals surface area contributed by atoms with Crippen LogP contribution in [0.4, 0.5) is 38.0 Å². The summed E-state index contributed by atoms with van der Waals surface area (Å²) >= 11 is 0. The van der Waals surface area contributed by atoms with Gasteiger partial charge >= 0.3 is 29.2 Å². The molecule has 0 unspecified atom stereocenters. The molecule has 1 rings (SSSR count). The van der Waals surface area contributed by atoms with Gasteiger partial charge in [-0.2, -0.15) is 0 Å². The Balaban J connectivity index is 3.78. The Hall–Kier alpha value is -4.04. The van der Waals surface area contributed by atoms with Gasteiger partial charge in [0.1, 0.15) is 0 Å². The number of benzene rings is 1. The van der Waals surface area contributed by atoms with Gasteiger partial charge in [-0.25, -0.2) is 9.59 Å². The molecule has 2 amide bonds. The molecular weight excluding hydrogens is 374 g/mol. The van der Waals surface area contributed by atoms with E-state index >= 15 is 0 Å². The predicted molar refractivity (Wildman–Crippen MR) is 87.7 cm³/mol. The van der Waals surface area contributed by atoms with Gasteiger partial charge in [0, 0.05) is 0 Å². The molecule has 0 aliphatic heterocycles. The van der Waals surface area contributed by atoms with Crippen LogP contribution in [0.15, 0.2) is 6.07 Å². The van der Waals surface area contributed by atoms with Crippen LogP contribution in [-0.4, -0.2) is 40.2 Å². The quantitative estimate of drug-likeness (QED) is 0.516. The Morgan fingerprint density at radius 3 is 1.48 bits per heavy atom. The van der Waals surface area contributed by atoms with Crippen LogP contribution in [0.1, 0.15) is 13.8 Å². The van der Waals surface area contributed by atoms with E-state index in [1.165, 1.54) is 13.8 Å². The number of anilines is 2. The summed E-state index contributed by atoms with van der Waals surface area (Å²) in [6.45, 7) is 2.50. The number of nitro groups is 3. The number of nitro benzene ring substituents is 3. The summed E-state index contributed by atoms with van der Waals surface area (Å²) in [5.41, 5.74) is -5.56. The van der Waals surface area contributed by atoms with Crippen LogP contribution < -0.4 is 10.6 Å². The van der Waals surface area contributed by atoms with Gasteiger partial charge in [-0.3, -0.25) is 41.0 Å². The first-order valence-corrected chi connectivity index (χ1v) is 7.15. The van der Waals surface area contributed by atoms with Crippen LogP contribution >= 0.6 is 0 Å². The number of hydrogen-bond donors (Lipinski definition) is 2. The highest BCUT2D eigenvalue weighted by Crippen LogP contribution is 2.46. The summed E-state index contributed by atoms with van der Waals surface area (Å²) in [5, 5.41) is 37.4. The monoisotopic (exact) mass is 387 g/mol. The minimum atomic E-state index is -1.28. The molecule has 1 aromatic rings. The zero-order valence-electron chi connectivity index (χ0n) is 13.9. The molecule has 0 saturated heterocycles. The van der Waals surface area contributed by atoms with E-state index in [9.17, 15) is 39.9 Å². The maximum Gasteiger partial charge on any atom is 0.412 e. The van der Waals surface area contributed by atoms with Crippen LogP contribution in [-0.2, 0) is 9.47 Å². The molecule has 15 nitrogen and oxygen atoms in total. The molecule has 15 heteroatoms. The topological polar surface area (TPSA) is 206 Å². The lowest BCUT2D eigenvalue weighted by Crippen LogP contribution is -2.19. The van der Waals surface area contributed by atoms with E-state index in [-0.39, 0.29) is 13.2 Å².